The van der Waals surface area contributed by atoms with E-state index in [2.05, 4.69) is 22.8 Å². The molecule has 3 aromatic carbocycles. The van der Waals surface area contributed by atoms with Gasteiger partial charge >= 0.3 is 0 Å². The Kier molecular flexibility index (Phi) is 6.01. The van der Waals surface area contributed by atoms with E-state index in [4.69, 9.17) is 17.0 Å². The normalized spacial score (nSPS) is 10.1. The number of para-hydroxylation sites is 3. The maximum Gasteiger partial charge on any atom is 0.170 e. The van der Waals surface area contributed by atoms with Crippen molar-refractivity contribution in [3.05, 3.63) is 90.5 Å². The lowest BCUT2D eigenvalue weighted by molar-refractivity contribution is 0.485. The topological polar surface area (TPSA) is 33.3 Å². The van der Waals surface area contributed by atoms with Crippen LogP contribution in [0.4, 0.5) is 5.69 Å². The van der Waals surface area contributed by atoms with Crippen molar-refractivity contribution < 1.29 is 4.74 Å². The molecule has 0 atom stereocenters. The predicted octanol–water partition coefficient (Wildman–Crippen LogP) is 5.01. The molecule has 4 heteroatoms. The lowest BCUT2D eigenvalue weighted by atomic mass is 10.1. The summed E-state index contributed by atoms with van der Waals surface area (Å²) in [6, 6.07) is 27.8. The summed E-state index contributed by atoms with van der Waals surface area (Å²) in [5.74, 6) is 1.53. The van der Waals surface area contributed by atoms with Crippen LogP contribution < -0.4 is 15.4 Å². The van der Waals surface area contributed by atoms with Gasteiger partial charge in [0.1, 0.15) is 5.75 Å². The molecule has 0 aliphatic heterocycles. The third-order valence-corrected chi connectivity index (χ3v) is 3.89. The third kappa shape index (κ3) is 5.33. The quantitative estimate of drug-likeness (QED) is 0.614. The van der Waals surface area contributed by atoms with Gasteiger partial charge in [0.15, 0.2) is 10.9 Å². The first kappa shape index (κ1) is 17.0. The van der Waals surface area contributed by atoms with Crippen LogP contribution in [0.3, 0.4) is 0 Å². The highest BCUT2D eigenvalue weighted by atomic mass is 32.1. The highest BCUT2D eigenvalue weighted by Crippen LogP contribution is 2.28. The molecule has 0 aliphatic rings. The van der Waals surface area contributed by atoms with Gasteiger partial charge < -0.3 is 15.4 Å². The van der Waals surface area contributed by atoms with Crippen molar-refractivity contribution in [2.24, 2.45) is 0 Å². The van der Waals surface area contributed by atoms with Crippen molar-refractivity contribution in [3.8, 4) is 11.5 Å². The van der Waals surface area contributed by atoms with E-state index in [1.165, 1.54) is 5.56 Å². The van der Waals surface area contributed by atoms with Gasteiger partial charge in [0.2, 0.25) is 0 Å². The van der Waals surface area contributed by atoms with E-state index in [0.717, 1.165) is 30.2 Å². The van der Waals surface area contributed by atoms with Crippen molar-refractivity contribution in [3.63, 3.8) is 0 Å². The minimum Gasteiger partial charge on any atom is -0.455 e. The number of ether oxygens (including phenoxy) is 1. The summed E-state index contributed by atoms with van der Waals surface area (Å²) >= 11 is 5.40. The summed E-state index contributed by atoms with van der Waals surface area (Å²) in [5, 5.41) is 7.03. The second-order valence-electron chi connectivity index (χ2n) is 5.53. The average Bonchev–Trinajstić information content (AvgIpc) is 2.65. The van der Waals surface area contributed by atoms with E-state index >= 15 is 0 Å². The fraction of sp³-hybridized carbons (Fsp3) is 0.0952. The largest absolute Gasteiger partial charge is 0.455 e. The molecular formula is C21H20N2OS. The zero-order chi connectivity index (χ0) is 17.3. The Morgan fingerprint density at radius 1 is 0.800 bits per heavy atom. The van der Waals surface area contributed by atoms with Crippen LogP contribution in [0, 0.1) is 0 Å². The fourth-order valence-corrected chi connectivity index (χ4v) is 2.62. The van der Waals surface area contributed by atoms with Gasteiger partial charge in [-0.3, -0.25) is 0 Å². The summed E-state index contributed by atoms with van der Waals surface area (Å²) < 4.78 is 5.93. The minimum atomic E-state index is 0.583. The number of rotatable bonds is 6. The van der Waals surface area contributed by atoms with Gasteiger partial charge in [0.05, 0.1) is 5.69 Å². The molecule has 126 valence electrons. The number of thiocarbonyl (C=S) groups is 1. The molecule has 25 heavy (non-hydrogen) atoms. The molecule has 3 nitrogen and oxygen atoms in total. The van der Waals surface area contributed by atoms with Crippen molar-refractivity contribution in [2.75, 3.05) is 11.9 Å². The smallest absolute Gasteiger partial charge is 0.170 e. The Bertz CT molecular complexity index is 806. The van der Waals surface area contributed by atoms with E-state index in [1.54, 1.807) is 0 Å². The number of hydrogen-bond acceptors (Lipinski definition) is 2. The maximum absolute atomic E-state index is 5.93. The molecule has 3 rings (SSSR count). The molecule has 0 aliphatic carbocycles. The summed E-state index contributed by atoms with van der Waals surface area (Å²) in [7, 11) is 0. The van der Waals surface area contributed by atoms with Gasteiger partial charge in [0, 0.05) is 6.54 Å². The molecule has 0 bridgehead atoms. The predicted molar refractivity (Wildman–Crippen MR) is 107 cm³/mol. The fourth-order valence-electron chi connectivity index (χ4n) is 2.41. The lowest BCUT2D eigenvalue weighted by Crippen LogP contribution is -2.30. The molecule has 0 spiro atoms. The molecule has 0 radical (unpaired) electrons. The zero-order valence-corrected chi connectivity index (χ0v) is 14.6. The molecule has 0 unspecified atom stereocenters. The van der Waals surface area contributed by atoms with Crippen LogP contribution in [-0.4, -0.2) is 11.7 Å². The Balaban J connectivity index is 1.56. The Labute approximate surface area is 153 Å². The van der Waals surface area contributed by atoms with Crippen molar-refractivity contribution >= 4 is 23.0 Å². The van der Waals surface area contributed by atoms with Crippen molar-refractivity contribution in [1.82, 2.24) is 5.32 Å². The lowest BCUT2D eigenvalue weighted by Gasteiger charge is -2.14. The van der Waals surface area contributed by atoms with Crippen molar-refractivity contribution in [2.45, 2.75) is 6.42 Å². The molecule has 0 saturated carbocycles. The van der Waals surface area contributed by atoms with E-state index < -0.39 is 0 Å². The van der Waals surface area contributed by atoms with Crippen molar-refractivity contribution in [1.29, 1.82) is 0 Å². The first-order chi connectivity index (χ1) is 12.3. The van der Waals surface area contributed by atoms with E-state index in [0.29, 0.717) is 5.11 Å². The van der Waals surface area contributed by atoms with Crippen LogP contribution in [0.2, 0.25) is 0 Å². The highest BCUT2D eigenvalue weighted by Gasteiger charge is 2.06. The van der Waals surface area contributed by atoms with Gasteiger partial charge in [-0.05, 0) is 48.5 Å². The molecule has 0 saturated heterocycles. The zero-order valence-electron chi connectivity index (χ0n) is 13.8. The Morgan fingerprint density at radius 2 is 1.44 bits per heavy atom. The SMILES string of the molecule is S=C(NCCc1ccccc1)Nc1ccccc1Oc1ccccc1. The Morgan fingerprint density at radius 3 is 2.20 bits per heavy atom. The van der Waals surface area contributed by atoms with Crippen LogP contribution in [0.1, 0.15) is 5.56 Å². The van der Waals surface area contributed by atoms with Gasteiger partial charge in [-0.2, -0.15) is 0 Å². The maximum atomic E-state index is 5.93. The van der Waals surface area contributed by atoms with Crippen LogP contribution >= 0.6 is 12.2 Å². The third-order valence-electron chi connectivity index (χ3n) is 3.65. The monoisotopic (exact) mass is 348 g/mol. The molecule has 3 aromatic rings. The summed E-state index contributed by atoms with van der Waals surface area (Å²) in [6.07, 6.45) is 0.921. The molecular weight excluding hydrogens is 328 g/mol. The summed E-state index contributed by atoms with van der Waals surface area (Å²) in [4.78, 5) is 0. The standard InChI is InChI=1S/C21H20N2OS/c25-21(22-16-15-17-9-3-1-4-10-17)23-19-13-7-8-14-20(19)24-18-11-5-2-6-12-18/h1-14H,15-16H2,(H2,22,23,25). The van der Waals surface area contributed by atoms with Gasteiger partial charge in [-0.15, -0.1) is 0 Å². The first-order valence-corrected chi connectivity index (χ1v) is 8.63. The van der Waals surface area contributed by atoms with E-state index in [-0.39, 0.29) is 0 Å². The molecule has 0 amide bonds. The Hall–Kier alpha value is -2.85. The number of anilines is 1. The molecule has 2 N–H and O–H groups in total. The second-order valence-corrected chi connectivity index (χ2v) is 5.94. The first-order valence-electron chi connectivity index (χ1n) is 8.22. The number of benzene rings is 3. The minimum absolute atomic E-state index is 0.583. The van der Waals surface area contributed by atoms with Gasteiger partial charge in [-0.1, -0.05) is 60.7 Å². The highest BCUT2D eigenvalue weighted by molar-refractivity contribution is 7.80. The van der Waals surface area contributed by atoms with Crippen LogP contribution in [-0.2, 0) is 6.42 Å². The second kappa shape index (κ2) is 8.85. The van der Waals surface area contributed by atoms with Crippen LogP contribution in [0.25, 0.3) is 0 Å². The van der Waals surface area contributed by atoms with Gasteiger partial charge in [0.25, 0.3) is 0 Å². The van der Waals surface area contributed by atoms with E-state index in [1.807, 2.05) is 72.8 Å². The molecule has 0 heterocycles. The van der Waals surface area contributed by atoms with Crippen LogP contribution in [0.15, 0.2) is 84.9 Å². The number of hydrogen-bond donors (Lipinski definition) is 2. The van der Waals surface area contributed by atoms with Crippen LogP contribution in [0.5, 0.6) is 11.5 Å². The average molecular weight is 348 g/mol. The molecule has 0 fully saturated rings. The molecule has 0 aromatic heterocycles. The van der Waals surface area contributed by atoms with E-state index in [9.17, 15) is 0 Å². The summed E-state index contributed by atoms with van der Waals surface area (Å²) in [6.45, 7) is 0.775. The number of nitrogens with one attached hydrogen (secondary N) is 2. The summed E-state index contributed by atoms with van der Waals surface area (Å²) in [5.41, 5.74) is 2.12. The van der Waals surface area contributed by atoms with Gasteiger partial charge in [-0.25, -0.2) is 0 Å².